The van der Waals surface area contributed by atoms with Crippen LogP contribution in [0.25, 0.3) is 10.9 Å². The Labute approximate surface area is 73.0 Å². The fraction of sp³-hybridized carbons (Fsp3) is 0.250. The highest BCUT2D eigenvalue weighted by Gasteiger charge is 2.02. The van der Waals surface area contributed by atoms with Gasteiger partial charge in [-0.2, -0.15) is 5.10 Å². The van der Waals surface area contributed by atoms with Crippen molar-refractivity contribution in [3.05, 3.63) is 18.0 Å². The molecule has 2 aromatic heterocycles. The van der Waals surface area contributed by atoms with Crippen molar-refractivity contribution in [2.75, 3.05) is 0 Å². The first-order valence-corrected chi connectivity index (χ1v) is 4.31. The van der Waals surface area contributed by atoms with Gasteiger partial charge >= 0.3 is 0 Å². The third kappa shape index (κ3) is 1.10. The third-order valence-corrected chi connectivity index (χ3v) is 2.10. The summed E-state index contributed by atoms with van der Waals surface area (Å²) in [6.07, 6.45) is 2.00. The highest BCUT2D eigenvalue weighted by Crippen LogP contribution is 2.12. The minimum atomic E-state index is 0.966. The molecule has 0 aliphatic rings. The number of hydrogen-bond acceptors (Lipinski definition) is 2. The minimum absolute atomic E-state index is 0.966. The van der Waals surface area contributed by atoms with E-state index >= 15 is 0 Å². The molecule has 62 valence electrons. The van der Waals surface area contributed by atoms with Gasteiger partial charge in [-0.25, -0.2) is 0 Å². The monoisotopic (exact) mass is 179 g/mol. The molecule has 1 unspecified atom stereocenters. The van der Waals surface area contributed by atoms with Crippen LogP contribution in [0, 0.1) is 6.92 Å². The fourth-order valence-electron chi connectivity index (χ4n) is 1.33. The smallest absolute Gasteiger partial charge is 0.114 e. The summed E-state index contributed by atoms with van der Waals surface area (Å²) < 4.78 is 1.81. The molecule has 4 heteroatoms. The second-order valence-electron chi connectivity index (χ2n) is 2.87. The first-order valence-electron chi connectivity index (χ1n) is 3.73. The predicted octanol–water partition coefficient (Wildman–Crippen LogP) is 0.777. The largest absolute Gasteiger partial charge is 0.275 e. The van der Waals surface area contributed by atoms with E-state index in [0.717, 1.165) is 22.0 Å². The molecular weight excluding hydrogens is 169 g/mol. The predicted molar refractivity (Wildman–Crippen MR) is 52.6 cm³/mol. The zero-order valence-corrected chi connectivity index (χ0v) is 8.23. The lowest BCUT2D eigenvalue weighted by Crippen LogP contribution is -1.99. The Balaban J connectivity index is 2.88. The summed E-state index contributed by atoms with van der Waals surface area (Å²) >= 11 is 0. The zero-order chi connectivity index (χ0) is 8.72. The Hall–Kier alpha value is -0.950. The molecule has 2 heterocycles. The van der Waals surface area contributed by atoms with E-state index in [-0.39, 0.29) is 0 Å². The van der Waals surface area contributed by atoms with Crippen molar-refractivity contribution >= 4 is 25.6 Å². The molecule has 0 aliphatic carbocycles. The van der Waals surface area contributed by atoms with Gasteiger partial charge in [0.15, 0.2) is 0 Å². The maximum atomic E-state index is 4.30. The van der Waals surface area contributed by atoms with E-state index in [4.69, 9.17) is 0 Å². The standard InChI is InChI=1S/C8H10N3P/c1-5-8-6(3-7(12)9-5)4-11(2)10-8/h3-4H,12H2,1-2H3. The van der Waals surface area contributed by atoms with Crippen molar-refractivity contribution in [1.82, 2.24) is 14.8 Å². The number of aromatic nitrogens is 3. The Bertz CT molecular complexity index is 433. The van der Waals surface area contributed by atoms with Crippen LogP contribution in [0.2, 0.25) is 0 Å². The molecule has 0 radical (unpaired) electrons. The van der Waals surface area contributed by atoms with Gasteiger partial charge in [-0.15, -0.1) is 0 Å². The van der Waals surface area contributed by atoms with Crippen LogP contribution in [0.15, 0.2) is 12.3 Å². The fourth-order valence-corrected chi connectivity index (χ4v) is 1.71. The number of nitrogens with zero attached hydrogens (tertiary/aromatic N) is 3. The Morgan fingerprint density at radius 1 is 1.50 bits per heavy atom. The zero-order valence-electron chi connectivity index (χ0n) is 7.07. The Morgan fingerprint density at radius 2 is 2.25 bits per heavy atom. The van der Waals surface area contributed by atoms with Crippen molar-refractivity contribution in [3.8, 4) is 0 Å². The van der Waals surface area contributed by atoms with Crippen molar-refractivity contribution in [3.63, 3.8) is 0 Å². The number of fused-ring (bicyclic) bond motifs is 1. The molecule has 2 aromatic rings. The van der Waals surface area contributed by atoms with Gasteiger partial charge in [0.05, 0.1) is 11.1 Å². The van der Waals surface area contributed by atoms with Crippen LogP contribution in [-0.2, 0) is 7.05 Å². The van der Waals surface area contributed by atoms with Crippen LogP contribution in [-0.4, -0.2) is 14.8 Å². The summed E-state index contributed by atoms with van der Waals surface area (Å²) in [6, 6.07) is 2.01. The van der Waals surface area contributed by atoms with E-state index < -0.39 is 0 Å². The summed E-state index contributed by atoms with van der Waals surface area (Å²) in [4.78, 5) is 4.30. The quantitative estimate of drug-likeness (QED) is 0.559. The lowest BCUT2D eigenvalue weighted by Gasteiger charge is -1.94. The van der Waals surface area contributed by atoms with Crippen molar-refractivity contribution in [2.24, 2.45) is 7.05 Å². The maximum Gasteiger partial charge on any atom is 0.114 e. The molecule has 0 fully saturated rings. The van der Waals surface area contributed by atoms with Crippen LogP contribution < -0.4 is 5.44 Å². The van der Waals surface area contributed by atoms with E-state index in [1.54, 1.807) is 0 Å². The van der Waals surface area contributed by atoms with Gasteiger partial charge in [-0.1, -0.05) is 9.24 Å². The lowest BCUT2D eigenvalue weighted by atomic mass is 10.3. The van der Waals surface area contributed by atoms with Crippen LogP contribution in [0.5, 0.6) is 0 Å². The van der Waals surface area contributed by atoms with Gasteiger partial charge in [0.25, 0.3) is 0 Å². The second-order valence-corrected chi connectivity index (χ2v) is 3.46. The van der Waals surface area contributed by atoms with E-state index in [1.165, 1.54) is 0 Å². The first kappa shape index (κ1) is 7.69. The molecule has 0 saturated heterocycles. The minimum Gasteiger partial charge on any atom is -0.275 e. The van der Waals surface area contributed by atoms with Gasteiger partial charge in [-0.3, -0.25) is 9.67 Å². The van der Waals surface area contributed by atoms with E-state index in [2.05, 4.69) is 19.3 Å². The van der Waals surface area contributed by atoms with Crippen LogP contribution in [0.3, 0.4) is 0 Å². The normalized spacial score (nSPS) is 10.9. The number of pyridine rings is 1. The molecule has 0 N–H and O–H groups in total. The van der Waals surface area contributed by atoms with Gasteiger partial charge in [0.1, 0.15) is 5.52 Å². The summed E-state index contributed by atoms with van der Waals surface area (Å²) in [5.41, 5.74) is 2.94. The molecule has 0 amide bonds. The molecule has 0 saturated carbocycles. The molecule has 2 rings (SSSR count). The maximum absolute atomic E-state index is 4.30. The highest BCUT2D eigenvalue weighted by atomic mass is 31.0. The van der Waals surface area contributed by atoms with Crippen LogP contribution in [0.1, 0.15) is 5.69 Å². The summed E-state index contributed by atoms with van der Waals surface area (Å²) in [7, 11) is 4.52. The molecule has 0 spiro atoms. The molecule has 0 aliphatic heterocycles. The Morgan fingerprint density at radius 3 is 3.00 bits per heavy atom. The van der Waals surface area contributed by atoms with Gasteiger partial charge in [-0.05, 0) is 13.0 Å². The van der Waals surface area contributed by atoms with Crippen molar-refractivity contribution in [2.45, 2.75) is 6.92 Å². The summed E-state index contributed by atoms with van der Waals surface area (Å²) in [5, 5.41) is 5.45. The SMILES string of the molecule is Cc1nc(P)cc2cn(C)nc12. The number of rotatable bonds is 0. The molecular formula is C8H10N3P. The molecule has 1 atom stereocenters. The molecule has 3 nitrogen and oxygen atoms in total. The molecule has 0 aromatic carbocycles. The second kappa shape index (κ2) is 2.53. The number of hydrogen-bond donors (Lipinski definition) is 0. The molecule has 12 heavy (non-hydrogen) atoms. The number of aryl methyl sites for hydroxylation is 2. The van der Waals surface area contributed by atoms with E-state index in [0.29, 0.717) is 0 Å². The van der Waals surface area contributed by atoms with E-state index in [9.17, 15) is 0 Å². The lowest BCUT2D eigenvalue weighted by molar-refractivity contribution is 0.778. The van der Waals surface area contributed by atoms with Crippen LogP contribution >= 0.6 is 9.24 Å². The summed E-state index contributed by atoms with van der Waals surface area (Å²) in [6.45, 7) is 1.98. The van der Waals surface area contributed by atoms with Crippen LogP contribution in [0.4, 0.5) is 0 Å². The first-order chi connectivity index (χ1) is 5.66. The highest BCUT2D eigenvalue weighted by molar-refractivity contribution is 7.27. The van der Waals surface area contributed by atoms with Gasteiger partial charge in [0, 0.05) is 18.6 Å². The third-order valence-electron chi connectivity index (χ3n) is 1.80. The van der Waals surface area contributed by atoms with Gasteiger partial charge < -0.3 is 0 Å². The van der Waals surface area contributed by atoms with Gasteiger partial charge in [0.2, 0.25) is 0 Å². The van der Waals surface area contributed by atoms with Crippen molar-refractivity contribution < 1.29 is 0 Å². The summed E-state index contributed by atoms with van der Waals surface area (Å²) in [5.74, 6) is 0. The Kier molecular flexibility index (Phi) is 1.62. The average Bonchev–Trinajstić information content (AvgIpc) is 2.29. The van der Waals surface area contributed by atoms with E-state index in [1.807, 2.05) is 30.9 Å². The average molecular weight is 179 g/mol. The topological polar surface area (TPSA) is 30.7 Å². The van der Waals surface area contributed by atoms with Crippen molar-refractivity contribution in [1.29, 1.82) is 0 Å². The molecule has 0 bridgehead atoms.